The van der Waals surface area contributed by atoms with Gasteiger partial charge in [0.05, 0.1) is 6.04 Å². The van der Waals surface area contributed by atoms with Gasteiger partial charge in [-0.05, 0) is 43.7 Å². The fourth-order valence-electron chi connectivity index (χ4n) is 2.13. The Morgan fingerprint density at radius 1 is 1.04 bits per heavy atom. The van der Waals surface area contributed by atoms with Gasteiger partial charge in [-0.25, -0.2) is 4.79 Å². The Balaban J connectivity index is 1.76. The molecule has 2 aromatic rings. The molecule has 132 valence electrons. The number of ether oxygens (including phenoxy) is 2. The van der Waals surface area contributed by atoms with Gasteiger partial charge in [-0.2, -0.15) is 0 Å². The monoisotopic (exact) mass is 405 g/mol. The van der Waals surface area contributed by atoms with Crippen molar-refractivity contribution in [2.24, 2.45) is 0 Å². The van der Waals surface area contributed by atoms with Crippen molar-refractivity contribution in [1.29, 1.82) is 0 Å². The number of esters is 1. The second-order valence-corrected chi connectivity index (χ2v) is 6.44. The fraction of sp³-hybridized carbons (Fsp3) is 0.263. The normalized spacial score (nSPS) is 12.8. The van der Waals surface area contributed by atoms with Crippen LogP contribution >= 0.6 is 15.9 Å². The van der Waals surface area contributed by atoms with Crippen LogP contribution in [0.15, 0.2) is 59.1 Å². The number of halogens is 1. The van der Waals surface area contributed by atoms with Gasteiger partial charge in [0, 0.05) is 4.47 Å². The molecular weight excluding hydrogens is 386 g/mol. The highest BCUT2D eigenvalue weighted by molar-refractivity contribution is 9.10. The standard InChI is InChI=1S/C19H20BrNO4/c1-13(15-6-4-3-5-7-15)21-18(22)12-24-19(23)14(2)25-17-10-8-16(20)9-11-17/h3-11,13-14H,12H2,1-2H3,(H,21,22)/t13-,14+/m1/s1. The van der Waals surface area contributed by atoms with E-state index in [1.165, 1.54) is 0 Å². The van der Waals surface area contributed by atoms with E-state index in [1.54, 1.807) is 19.1 Å². The van der Waals surface area contributed by atoms with E-state index in [-0.39, 0.29) is 18.6 Å². The minimum atomic E-state index is -0.805. The zero-order valence-electron chi connectivity index (χ0n) is 14.1. The van der Waals surface area contributed by atoms with Crippen LogP contribution in [0.5, 0.6) is 5.75 Å². The predicted octanol–water partition coefficient (Wildman–Crippen LogP) is 3.64. The highest BCUT2D eigenvalue weighted by atomic mass is 79.9. The fourth-order valence-corrected chi connectivity index (χ4v) is 2.39. The summed E-state index contributed by atoms with van der Waals surface area (Å²) in [7, 11) is 0. The third-order valence-electron chi connectivity index (χ3n) is 3.48. The van der Waals surface area contributed by atoms with Crippen LogP contribution in [0, 0.1) is 0 Å². The second kappa shape index (κ2) is 9.22. The first-order valence-electron chi connectivity index (χ1n) is 7.89. The van der Waals surface area contributed by atoms with E-state index in [4.69, 9.17) is 9.47 Å². The summed E-state index contributed by atoms with van der Waals surface area (Å²) in [6.07, 6.45) is -0.805. The maximum absolute atomic E-state index is 11.9. The van der Waals surface area contributed by atoms with Gasteiger partial charge in [-0.15, -0.1) is 0 Å². The molecule has 6 heteroatoms. The summed E-state index contributed by atoms with van der Waals surface area (Å²) in [5.41, 5.74) is 0.981. The number of carbonyl (C=O) groups is 2. The van der Waals surface area contributed by atoms with Crippen LogP contribution in [0.4, 0.5) is 0 Å². The van der Waals surface area contributed by atoms with Crippen molar-refractivity contribution in [2.75, 3.05) is 6.61 Å². The molecule has 2 rings (SSSR count). The van der Waals surface area contributed by atoms with E-state index >= 15 is 0 Å². The van der Waals surface area contributed by atoms with E-state index in [9.17, 15) is 9.59 Å². The minimum absolute atomic E-state index is 0.163. The lowest BCUT2D eigenvalue weighted by Crippen LogP contribution is -2.34. The molecule has 1 N–H and O–H groups in total. The van der Waals surface area contributed by atoms with Crippen LogP contribution in [0.25, 0.3) is 0 Å². The average molecular weight is 406 g/mol. The summed E-state index contributed by atoms with van der Waals surface area (Å²) in [6, 6.07) is 16.5. The lowest BCUT2D eigenvalue weighted by atomic mass is 10.1. The Bertz CT molecular complexity index is 703. The van der Waals surface area contributed by atoms with Crippen LogP contribution in [0.3, 0.4) is 0 Å². The van der Waals surface area contributed by atoms with Crippen molar-refractivity contribution in [1.82, 2.24) is 5.32 Å². The molecule has 0 saturated heterocycles. The third kappa shape index (κ3) is 6.23. The summed E-state index contributed by atoms with van der Waals surface area (Å²) in [5, 5.41) is 2.78. The van der Waals surface area contributed by atoms with Gasteiger partial charge in [0.1, 0.15) is 5.75 Å². The summed E-state index contributed by atoms with van der Waals surface area (Å²) in [6.45, 7) is 3.10. The predicted molar refractivity (Wildman–Crippen MR) is 98.2 cm³/mol. The molecule has 2 atom stereocenters. The summed E-state index contributed by atoms with van der Waals surface area (Å²) < 4.78 is 11.4. The van der Waals surface area contributed by atoms with Crippen LogP contribution in [-0.2, 0) is 14.3 Å². The first-order chi connectivity index (χ1) is 12.0. The molecule has 0 radical (unpaired) electrons. The molecule has 1 amide bonds. The molecule has 0 fully saturated rings. The first kappa shape index (κ1) is 19.0. The molecule has 0 bridgehead atoms. The van der Waals surface area contributed by atoms with E-state index in [2.05, 4.69) is 21.2 Å². The van der Waals surface area contributed by atoms with Crippen molar-refractivity contribution in [3.63, 3.8) is 0 Å². The Kier molecular flexibility index (Phi) is 7.01. The van der Waals surface area contributed by atoms with Crippen LogP contribution in [0.2, 0.25) is 0 Å². The van der Waals surface area contributed by atoms with Crippen molar-refractivity contribution >= 4 is 27.8 Å². The number of carbonyl (C=O) groups excluding carboxylic acids is 2. The van der Waals surface area contributed by atoms with Crippen molar-refractivity contribution in [2.45, 2.75) is 26.0 Å². The summed E-state index contributed by atoms with van der Waals surface area (Å²) in [4.78, 5) is 23.9. The Labute approximate surface area is 155 Å². The maximum Gasteiger partial charge on any atom is 0.347 e. The van der Waals surface area contributed by atoms with E-state index < -0.39 is 12.1 Å². The van der Waals surface area contributed by atoms with Gasteiger partial charge >= 0.3 is 5.97 Å². The average Bonchev–Trinajstić information content (AvgIpc) is 2.62. The van der Waals surface area contributed by atoms with Gasteiger partial charge in [-0.1, -0.05) is 46.3 Å². The molecule has 5 nitrogen and oxygen atoms in total. The minimum Gasteiger partial charge on any atom is -0.479 e. The Hall–Kier alpha value is -2.34. The van der Waals surface area contributed by atoms with Crippen LogP contribution < -0.4 is 10.1 Å². The zero-order valence-corrected chi connectivity index (χ0v) is 15.7. The Morgan fingerprint density at radius 3 is 2.32 bits per heavy atom. The second-order valence-electron chi connectivity index (χ2n) is 5.52. The highest BCUT2D eigenvalue weighted by Gasteiger charge is 2.18. The molecule has 0 aromatic heterocycles. The number of rotatable bonds is 7. The Morgan fingerprint density at radius 2 is 1.68 bits per heavy atom. The maximum atomic E-state index is 11.9. The summed E-state index contributed by atoms with van der Waals surface area (Å²) >= 11 is 3.33. The number of hydrogen-bond donors (Lipinski definition) is 1. The van der Waals surface area contributed by atoms with Gasteiger partial charge in [0.15, 0.2) is 12.7 Å². The summed E-state index contributed by atoms with van der Waals surface area (Å²) in [5.74, 6) is -0.402. The molecule has 0 saturated carbocycles. The smallest absolute Gasteiger partial charge is 0.347 e. The van der Waals surface area contributed by atoms with Crippen molar-refractivity contribution in [3.05, 3.63) is 64.6 Å². The molecule has 0 spiro atoms. The molecular formula is C19H20BrNO4. The lowest BCUT2D eigenvalue weighted by molar-refractivity contribution is -0.154. The van der Waals surface area contributed by atoms with Gasteiger partial charge in [-0.3, -0.25) is 4.79 Å². The zero-order chi connectivity index (χ0) is 18.2. The largest absolute Gasteiger partial charge is 0.479 e. The van der Waals surface area contributed by atoms with Gasteiger partial charge in [0.25, 0.3) is 5.91 Å². The van der Waals surface area contributed by atoms with Gasteiger partial charge < -0.3 is 14.8 Å². The highest BCUT2D eigenvalue weighted by Crippen LogP contribution is 2.17. The molecule has 0 unspecified atom stereocenters. The number of hydrogen-bond acceptors (Lipinski definition) is 4. The van der Waals surface area contributed by atoms with Crippen LogP contribution in [0.1, 0.15) is 25.5 Å². The third-order valence-corrected chi connectivity index (χ3v) is 4.01. The quantitative estimate of drug-likeness (QED) is 0.714. The SMILES string of the molecule is C[C@H](Oc1ccc(Br)cc1)C(=O)OCC(=O)N[C@H](C)c1ccccc1. The van der Waals surface area contributed by atoms with E-state index in [0.717, 1.165) is 10.0 Å². The van der Waals surface area contributed by atoms with Crippen LogP contribution in [-0.4, -0.2) is 24.6 Å². The first-order valence-corrected chi connectivity index (χ1v) is 8.68. The van der Waals surface area contributed by atoms with Crippen molar-refractivity contribution < 1.29 is 19.1 Å². The number of benzene rings is 2. The lowest BCUT2D eigenvalue weighted by Gasteiger charge is -2.16. The molecule has 25 heavy (non-hydrogen) atoms. The topological polar surface area (TPSA) is 64.6 Å². The molecule has 0 aliphatic carbocycles. The van der Waals surface area contributed by atoms with E-state index in [0.29, 0.717) is 5.75 Å². The van der Waals surface area contributed by atoms with E-state index in [1.807, 2.05) is 49.4 Å². The molecule has 0 aliphatic rings. The molecule has 2 aromatic carbocycles. The van der Waals surface area contributed by atoms with Gasteiger partial charge in [0.2, 0.25) is 0 Å². The molecule has 0 aliphatic heterocycles. The van der Waals surface area contributed by atoms with Crippen molar-refractivity contribution in [3.8, 4) is 5.75 Å². The number of nitrogens with one attached hydrogen (secondary N) is 1. The molecule has 0 heterocycles. The number of amides is 1.